The van der Waals surface area contributed by atoms with Crippen molar-refractivity contribution in [2.75, 3.05) is 9.44 Å². The molecular formula is C42H42N6S4. The van der Waals surface area contributed by atoms with E-state index in [1.165, 1.54) is 59.3 Å². The summed E-state index contributed by atoms with van der Waals surface area (Å²) in [5.41, 5.74) is 12.0. The van der Waals surface area contributed by atoms with Crippen LogP contribution in [0.4, 0.5) is 11.4 Å². The molecule has 1 aliphatic heterocycles. The second kappa shape index (κ2) is 16.2. The lowest BCUT2D eigenvalue weighted by atomic mass is 9.94. The Morgan fingerprint density at radius 3 is 1.48 bits per heavy atom. The molecule has 0 spiro atoms. The molecule has 3 aromatic heterocycles. The van der Waals surface area contributed by atoms with Crippen LogP contribution in [0.15, 0.2) is 60.7 Å². The Hall–Kier alpha value is -4.19. The van der Waals surface area contributed by atoms with Gasteiger partial charge >= 0.3 is 0 Å². The van der Waals surface area contributed by atoms with Crippen LogP contribution in [0.3, 0.4) is 0 Å². The third kappa shape index (κ3) is 7.36. The molecule has 6 nitrogen and oxygen atoms in total. The average Bonchev–Trinajstić information content (AvgIpc) is 4.00. The largest absolute Gasteiger partial charge is 0.309 e. The number of nitrogens with one attached hydrogen (secondary N) is 2. The molecule has 2 N–H and O–H groups in total. The number of nitriles is 2. The summed E-state index contributed by atoms with van der Waals surface area (Å²) >= 11 is 6.22. The van der Waals surface area contributed by atoms with E-state index in [1.807, 2.05) is 12.1 Å². The third-order valence-electron chi connectivity index (χ3n) is 10.1. The highest BCUT2D eigenvalue weighted by Crippen LogP contribution is 2.54. The minimum atomic E-state index is 0.644. The molecule has 0 fully saturated rings. The predicted octanol–water partition coefficient (Wildman–Crippen LogP) is 13.4. The number of anilines is 2. The molecule has 7 rings (SSSR count). The van der Waals surface area contributed by atoms with Crippen molar-refractivity contribution in [3.63, 3.8) is 0 Å². The number of thiophene rings is 2. The van der Waals surface area contributed by atoms with Crippen molar-refractivity contribution >= 4 is 68.9 Å². The Balaban J connectivity index is 1.22. The van der Waals surface area contributed by atoms with Gasteiger partial charge in [-0.25, -0.2) is 0 Å². The van der Waals surface area contributed by atoms with Crippen molar-refractivity contribution in [1.29, 1.82) is 10.5 Å². The van der Waals surface area contributed by atoms with Gasteiger partial charge in [0.05, 0.1) is 58.5 Å². The van der Waals surface area contributed by atoms with Crippen molar-refractivity contribution < 1.29 is 0 Å². The molecule has 0 radical (unpaired) electrons. The topological polar surface area (TPSA) is 97.4 Å². The van der Waals surface area contributed by atoms with Crippen LogP contribution in [0, 0.1) is 34.5 Å². The molecule has 52 heavy (non-hydrogen) atoms. The number of nitrogens with zero attached hydrogens (tertiary/aromatic N) is 4. The van der Waals surface area contributed by atoms with Gasteiger partial charge in [-0.2, -0.15) is 19.3 Å². The summed E-state index contributed by atoms with van der Waals surface area (Å²) in [5.74, 6) is 1.29. The van der Waals surface area contributed by atoms with Gasteiger partial charge in [-0.1, -0.05) is 65.5 Å². The van der Waals surface area contributed by atoms with Crippen LogP contribution in [0.1, 0.15) is 88.5 Å². The van der Waals surface area contributed by atoms with Crippen LogP contribution in [0.25, 0.3) is 52.8 Å². The number of aromatic nitrogens is 2. The van der Waals surface area contributed by atoms with Crippen LogP contribution >= 0.6 is 46.5 Å². The molecule has 264 valence electrons. The van der Waals surface area contributed by atoms with E-state index in [2.05, 4.69) is 97.8 Å². The lowest BCUT2D eigenvalue weighted by Crippen LogP contribution is -1.99. The molecule has 0 saturated heterocycles. The maximum Gasteiger partial charge on any atom is 0.116 e. The molecule has 10 heteroatoms. The van der Waals surface area contributed by atoms with Gasteiger partial charge in [0.1, 0.15) is 11.0 Å². The van der Waals surface area contributed by atoms with Crippen molar-refractivity contribution in [2.24, 2.45) is 11.8 Å². The van der Waals surface area contributed by atoms with E-state index in [1.54, 1.807) is 22.7 Å². The molecule has 0 aliphatic carbocycles. The predicted molar refractivity (Wildman–Crippen MR) is 224 cm³/mol. The molecule has 0 bridgehead atoms. The highest BCUT2D eigenvalue weighted by molar-refractivity contribution is 8.02. The number of hydrogen-bond acceptors (Lipinski definition) is 10. The normalized spacial score (nSPS) is 13.3. The molecule has 2 atom stereocenters. The molecule has 4 heterocycles. The van der Waals surface area contributed by atoms with E-state index >= 15 is 0 Å². The van der Waals surface area contributed by atoms with Crippen molar-refractivity contribution in [2.45, 2.75) is 79.1 Å². The molecule has 0 saturated carbocycles. The Kier molecular flexibility index (Phi) is 11.3. The quantitative estimate of drug-likeness (QED) is 0.107. The van der Waals surface area contributed by atoms with Crippen LogP contribution in [0.2, 0.25) is 0 Å². The van der Waals surface area contributed by atoms with Crippen molar-refractivity contribution in [1.82, 2.24) is 8.75 Å². The van der Waals surface area contributed by atoms with E-state index in [0.717, 1.165) is 102 Å². The first-order valence-electron chi connectivity index (χ1n) is 18.2. The minimum absolute atomic E-state index is 0.644. The lowest BCUT2D eigenvalue weighted by Gasteiger charge is -2.12. The highest BCUT2D eigenvalue weighted by Gasteiger charge is 2.29. The summed E-state index contributed by atoms with van der Waals surface area (Å²) in [7, 11) is 0. The van der Waals surface area contributed by atoms with E-state index in [4.69, 9.17) is 8.75 Å². The van der Waals surface area contributed by atoms with E-state index in [-0.39, 0.29) is 0 Å². The molecule has 1 aliphatic rings. The molecular weight excluding hydrogens is 717 g/mol. The fourth-order valence-corrected chi connectivity index (χ4v) is 10.6. The number of aryl methyl sites for hydroxylation is 2. The third-order valence-corrected chi connectivity index (χ3v) is 13.6. The molecule has 2 unspecified atom stereocenters. The van der Waals surface area contributed by atoms with Gasteiger partial charge in [0, 0.05) is 30.6 Å². The number of rotatable bonds is 14. The van der Waals surface area contributed by atoms with Gasteiger partial charge in [0.15, 0.2) is 0 Å². The summed E-state index contributed by atoms with van der Waals surface area (Å²) in [4.78, 5) is 4.58. The van der Waals surface area contributed by atoms with Crippen LogP contribution < -0.4 is 9.44 Å². The number of hydrogen-bond donors (Lipinski definition) is 2. The molecule has 6 aromatic rings. The zero-order valence-electron chi connectivity index (χ0n) is 30.0. The van der Waals surface area contributed by atoms with Crippen LogP contribution in [0.5, 0.6) is 0 Å². The summed E-state index contributed by atoms with van der Waals surface area (Å²) < 4.78 is 16.8. The summed E-state index contributed by atoms with van der Waals surface area (Å²) in [6.45, 7) is 9.08. The molecule has 0 amide bonds. The Morgan fingerprint density at radius 1 is 0.615 bits per heavy atom. The van der Waals surface area contributed by atoms with Crippen LogP contribution in [-0.2, 0) is 12.8 Å². The zero-order valence-corrected chi connectivity index (χ0v) is 33.3. The fraction of sp³-hybridized carbons (Fsp3) is 0.333. The maximum absolute atomic E-state index is 9.83. The van der Waals surface area contributed by atoms with Crippen molar-refractivity contribution in [3.8, 4) is 53.9 Å². The first-order valence-corrected chi connectivity index (χ1v) is 21.4. The summed E-state index contributed by atoms with van der Waals surface area (Å²) in [6, 6.07) is 26.1. The van der Waals surface area contributed by atoms with Crippen LogP contribution in [-0.4, -0.2) is 8.75 Å². The van der Waals surface area contributed by atoms with E-state index < -0.39 is 0 Å². The van der Waals surface area contributed by atoms with Gasteiger partial charge in [-0.15, -0.1) is 22.7 Å². The zero-order chi connectivity index (χ0) is 36.2. The Morgan fingerprint density at radius 2 is 1.06 bits per heavy atom. The second-order valence-corrected chi connectivity index (χ2v) is 17.2. The minimum Gasteiger partial charge on any atom is -0.309 e. The first kappa shape index (κ1) is 36.2. The van der Waals surface area contributed by atoms with Gasteiger partial charge in [0.2, 0.25) is 0 Å². The molecule has 3 aromatic carbocycles. The van der Waals surface area contributed by atoms with Gasteiger partial charge in [-0.05, 0) is 108 Å². The van der Waals surface area contributed by atoms with Crippen molar-refractivity contribution in [3.05, 3.63) is 82.9 Å². The van der Waals surface area contributed by atoms with Gasteiger partial charge in [-0.3, -0.25) is 0 Å². The van der Waals surface area contributed by atoms with E-state index in [0.29, 0.717) is 11.8 Å². The SMILES string of the molecule is CCCC(C)CCc1cc(-c2ccc(-c3c4c(c(-c5ccc(-c6ccc(C#N)c(CCC(C)CCC)c6)s5)c5nsnc35)NSN4)s2)ccc1C#N. The first-order chi connectivity index (χ1) is 25.4. The van der Waals surface area contributed by atoms with Gasteiger partial charge < -0.3 is 9.44 Å². The Bertz CT molecular complexity index is 2140. The average molecular weight is 759 g/mol. The monoisotopic (exact) mass is 758 g/mol. The fourth-order valence-electron chi connectivity index (χ4n) is 7.27. The highest BCUT2D eigenvalue weighted by atomic mass is 32.2. The summed E-state index contributed by atoms with van der Waals surface area (Å²) in [5, 5.41) is 19.7. The second-order valence-electron chi connectivity index (χ2n) is 13.9. The number of fused-ring (bicyclic) bond motifs is 2. The number of benzene rings is 3. The van der Waals surface area contributed by atoms with E-state index in [9.17, 15) is 10.5 Å². The maximum atomic E-state index is 9.83. The lowest BCUT2D eigenvalue weighted by molar-refractivity contribution is 0.486. The smallest absolute Gasteiger partial charge is 0.116 e. The standard InChI is InChI=1S/C42H42N6S4/c1-5-7-25(3)9-11-27-21-29(13-15-31(27)23-43)33-17-19-35(49-33)37-39-41(47-51-45-39)38(42-40(37)46-52-48-42)36-20-18-34(50-36)30-14-16-32(24-44)28(22-30)12-10-26(4)8-6-2/h13-22,25-26,45,47H,5-12H2,1-4H3. The Labute approximate surface area is 323 Å². The summed E-state index contributed by atoms with van der Waals surface area (Å²) in [6.07, 6.45) is 8.80. The van der Waals surface area contributed by atoms with Gasteiger partial charge in [0.25, 0.3) is 0 Å².